The van der Waals surface area contributed by atoms with E-state index in [2.05, 4.69) is 11.9 Å². The molecule has 110 valence electrons. The number of hydrogen-bond donors (Lipinski definition) is 1. The fourth-order valence-corrected chi connectivity index (χ4v) is 1.62. The van der Waals surface area contributed by atoms with Crippen molar-refractivity contribution in [2.75, 3.05) is 13.2 Å². The molecule has 0 aliphatic heterocycles. The van der Waals surface area contributed by atoms with Crippen LogP contribution < -0.4 is 10.1 Å². The fraction of sp³-hybridized carbons (Fsp3) is 0.438. The molecule has 0 unspecified atom stereocenters. The molecule has 0 bridgehead atoms. The van der Waals surface area contributed by atoms with Crippen LogP contribution in [0.3, 0.4) is 0 Å². The lowest BCUT2D eigenvalue weighted by Crippen LogP contribution is -2.31. The summed E-state index contributed by atoms with van der Waals surface area (Å²) in [6.07, 6.45) is 1.70. The van der Waals surface area contributed by atoms with Gasteiger partial charge in [-0.1, -0.05) is 30.9 Å². The van der Waals surface area contributed by atoms with Crippen LogP contribution in [0.5, 0.6) is 5.75 Å². The molecule has 0 amide bonds. The molecule has 0 aromatic heterocycles. The molecule has 0 radical (unpaired) electrons. The maximum Gasteiger partial charge on any atom is 0.320 e. The summed E-state index contributed by atoms with van der Waals surface area (Å²) in [7, 11) is 0. The molecule has 1 aromatic rings. The summed E-state index contributed by atoms with van der Waals surface area (Å²) < 4.78 is 10.8. The Morgan fingerprint density at radius 3 is 2.70 bits per heavy atom. The van der Waals surface area contributed by atoms with Gasteiger partial charge in [-0.2, -0.15) is 0 Å². The summed E-state index contributed by atoms with van der Waals surface area (Å²) in [6.45, 7) is 10.4. The Hall–Kier alpha value is -1.81. The highest BCUT2D eigenvalue weighted by Gasteiger charge is 2.15. The van der Waals surface area contributed by atoms with Crippen LogP contribution in [0.25, 0.3) is 0 Å². The van der Waals surface area contributed by atoms with Crippen LogP contribution >= 0.6 is 0 Å². The monoisotopic (exact) mass is 277 g/mol. The van der Waals surface area contributed by atoms with E-state index in [0.717, 1.165) is 11.3 Å². The summed E-state index contributed by atoms with van der Waals surface area (Å²) in [4.78, 5) is 11.6. The highest BCUT2D eigenvalue weighted by molar-refractivity contribution is 5.72. The average Bonchev–Trinajstić information content (AvgIpc) is 2.35. The molecule has 0 aliphatic carbocycles. The highest BCUT2D eigenvalue weighted by atomic mass is 16.6. The molecule has 0 atom stereocenters. The lowest BCUT2D eigenvalue weighted by atomic mass is 10.2. The average molecular weight is 277 g/mol. The zero-order valence-electron chi connectivity index (χ0n) is 12.4. The van der Waals surface area contributed by atoms with Crippen LogP contribution in [-0.4, -0.2) is 24.7 Å². The van der Waals surface area contributed by atoms with E-state index in [-0.39, 0.29) is 12.5 Å². The smallest absolute Gasteiger partial charge is 0.320 e. The van der Waals surface area contributed by atoms with Gasteiger partial charge >= 0.3 is 5.97 Å². The van der Waals surface area contributed by atoms with Crippen LogP contribution in [0, 0.1) is 0 Å². The van der Waals surface area contributed by atoms with E-state index in [1.807, 2.05) is 45.0 Å². The molecule has 4 nitrogen and oxygen atoms in total. The number of carbonyl (C=O) groups is 1. The Bertz CT molecular complexity index is 449. The van der Waals surface area contributed by atoms with Gasteiger partial charge in [0.25, 0.3) is 0 Å². The lowest BCUT2D eigenvalue weighted by molar-refractivity contribution is -0.153. The topological polar surface area (TPSA) is 47.6 Å². The van der Waals surface area contributed by atoms with Crippen molar-refractivity contribution in [3.05, 3.63) is 42.5 Å². The van der Waals surface area contributed by atoms with E-state index < -0.39 is 5.60 Å². The van der Waals surface area contributed by atoms with E-state index in [1.54, 1.807) is 6.08 Å². The van der Waals surface area contributed by atoms with Gasteiger partial charge in [0.2, 0.25) is 0 Å². The Morgan fingerprint density at radius 2 is 2.05 bits per heavy atom. The van der Waals surface area contributed by atoms with Crippen LogP contribution in [-0.2, 0) is 16.1 Å². The minimum absolute atomic E-state index is 0.174. The van der Waals surface area contributed by atoms with Crippen molar-refractivity contribution in [1.82, 2.24) is 5.32 Å². The van der Waals surface area contributed by atoms with E-state index in [4.69, 9.17) is 9.47 Å². The summed E-state index contributed by atoms with van der Waals surface area (Å²) in [5, 5.41) is 3.06. The first-order valence-corrected chi connectivity index (χ1v) is 6.66. The van der Waals surface area contributed by atoms with Crippen LogP contribution in [0.2, 0.25) is 0 Å². The molecular weight excluding hydrogens is 254 g/mol. The molecule has 0 saturated heterocycles. The number of rotatable bonds is 7. The molecule has 20 heavy (non-hydrogen) atoms. The van der Waals surface area contributed by atoms with Crippen molar-refractivity contribution in [3.63, 3.8) is 0 Å². The first-order chi connectivity index (χ1) is 9.42. The number of para-hydroxylation sites is 1. The van der Waals surface area contributed by atoms with Gasteiger partial charge in [-0.15, -0.1) is 0 Å². The largest absolute Gasteiger partial charge is 0.489 e. The van der Waals surface area contributed by atoms with Crippen LogP contribution in [0.15, 0.2) is 36.9 Å². The lowest BCUT2D eigenvalue weighted by Gasteiger charge is -2.19. The normalized spacial score (nSPS) is 10.9. The summed E-state index contributed by atoms with van der Waals surface area (Å²) in [5.74, 6) is 0.533. The third kappa shape index (κ3) is 6.38. The fourth-order valence-electron chi connectivity index (χ4n) is 1.62. The van der Waals surface area contributed by atoms with Gasteiger partial charge in [0.15, 0.2) is 0 Å². The Balaban J connectivity index is 2.45. The molecule has 0 saturated carbocycles. The molecule has 0 fully saturated rings. The third-order valence-corrected chi connectivity index (χ3v) is 2.33. The minimum atomic E-state index is -0.455. The van der Waals surface area contributed by atoms with Crippen LogP contribution in [0.1, 0.15) is 26.3 Å². The standard InChI is InChI=1S/C16H23NO3/c1-5-10-19-14-9-7-6-8-13(14)11-17-12-15(18)20-16(2,3)4/h5-9,17H,1,10-12H2,2-4H3. The van der Waals surface area contributed by atoms with Crippen molar-refractivity contribution in [2.45, 2.75) is 32.9 Å². The quantitative estimate of drug-likeness (QED) is 0.615. The number of ether oxygens (including phenoxy) is 2. The predicted molar refractivity (Wildman–Crippen MR) is 79.7 cm³/mol. The first kappa shape index (κ1) is 16.2. The second-order valence-electron chi connectivity index (χ2n) is 5.40. The first-order valence-electron chi connectivity index (χ1n) is 6.66. The number of esters is 1. The SMILES string of the molecule is C=CCOc1ccccc1CNCC(=O)OC(C)(C)C. The van der Waals surface area contributed by atoms with Gasteiger partial charge in [-0.25, -0.2) is 0 Å². The molecule has 0 heterocycles. The number of benzene rings is 1. The zero-order valence-corrected chi connectivity index (χ0v) is 12.4. The molecule has 1 rings (SSSR count). The van der Waals surface area contributed by atoms with Gasteiger partial charge in [0.1, 0.15) is 18.0 Å². The van der Waals surface area contributed by atoms with Crippen molar-refractivity contribution in [1.29, 1.82) is 0 Å². The maximum absolute atomic E-state index is 11.6. The number of nitrogens with one attached hydrogen (secondary N) is 1. The van der Waals surface area contributed by atoms with Crippen molar-refractivity contribution < 1.29 is 14.3 Å². The van der Waals surface area contributed by atoms with Gasteiger partial charge in [0, 0.05) is 12.1 Å². The van der Waals surface area contributed by atoms with Gasteiger partial charge in [-0.05, 0) is 26.8 Å². The van der Waals surface area contributed by atoms with E-state index in [0.29, 0.717) is 13.2 Å². The summed E-state index contributed by atoms with van der Waals surface area (Å²) in [5.41, 5.74) is 0.543. The van der Waals surface area contributed by atoms with E-state index in [1.165, 1.54) is 0 Å². The van der Waals surface area contributed by atoms with Crippen LogP contribution in [0.4, 0.5) is 0 Å². The second kappa shape index (κ2) is 7.70. The van der Waals surface area contributed by atoms with Crippen molar-refractivity contribution >= 4 is 5.97 Å². The molecule has 1 N–H and O–H groups in total. The highest BCUT2D eigenvalue weighted by Crippen LogP contribution is 2.17. The zero-order chi connectivity index (χ0) is 15.0. The van der Waals surface area contributed by atoms with Gasteiger partial charge in [0.05, 0.1) is 6.54 Å². The predicted octanol–water partition coefficient (Wildman–Crippen LogP) is 2.68. The van der Waals surface area contributed by atoms with Gasteiger partial charge < -0.3 is 14.8 Å². The third-order valence-electron chi connectivity index (χ3n) is 2.33. The van der Waals surface area contributed by atoms with Crippen molar-refractivity contribution in [2.24, 2.45) is 0 Å². The molecule has 0 spiro atoms. The molecule has 4 heteroatoms. The second-order valence-corrected chi connectivity index (χ2v) is 5.40. The molecular formula is C16H23NO3. The van der Waals surface area contributed by atoms with Crippen molar-refractivity contribution in [3.8, 4) is 5.75 Å². The van der Waals surface area contributed by atoms with E-state index in [9.17, 15) is 4.79 Å². The van der Waals surface area contributed by atoms with Gasteiger partial charge in [-0.3, -0.25) is 4.79 Å². The molecule has 1 aromatic carbocycles. The Labute approximate surface area is 120 Å². The minimum Gasteiger partial charge on any atom is -0.489 e. The van der Waals surface area contributed by atoms with E-state index >= 15 is 0 Å². The Morgan fingerprint density at radius 1 is 1.35 bits per heavy atom. The number of carbonyl (C=O) groups excluding carboxylic acids is 1. The summed E-state index contributed by atoms with van der Waals surface area (Å²) >= 11 is 0. The summed E-state index contributed by atoms with van der Waals surface area (Å²) in [6, 6.07) is 7.70. The number of hydrogen-bond acceptors (Lipinski definition) is 4. The Kier molecular flexibility index (Phi) is 6.25. The molecule has 0 aliphatic rings. The maximum atomic E-state index is 11.6.